The molecule has 7 nitrogen and oxygen atoms in total. The summed E-state index contributed by atoms with van der Waals surface area (Å²) in [6, 6.07) is 22.2. The average molecular weight is 550 g/mol. The maximum Gasteiger partial charge on any atom is 0.264 e. The molecule has 0 heterocycles. The molecule has 0 aliphatic carbocycles. The smallest absolute Gasteiger partial charge is 0.264 e. The highest BCUT2D eigenvalue weighted by atomic mass is 32.2. The van der Waals surface area contributed by atoms with Crippen molar-refractivity contribution in [2.24, 2.45) is 5.92 Å². The second kappa shape index (κ2) is 13.4. The number of para-hydroxylation sites is 1. The van der Waals surface area contributed by atoms with E-state index in [4.69, 9.17) is 0 Å². The number of hydrogen-bond donors (Lipinski definition) is 1. The topological polar surface area (TPSA) is 86.8 Å². The average Bonchev–Trinajstić information content (AvgIpc) is 2.91. The first-order valence-corrected chi connectivity index (χ1v) is 14.7. The van der Waals surface area contributed by atoms with E-state index < -0.39 is 28.5 Å². The number of benzene rings is 3. The summed E-state index contributed by atoms with van der Waals surface area (Å²) in [6.07, 6.45) is 0.386. The van der Waals surface area contributed by atoms with Crippen molar-refractivity contribution < 1.29 is 18.0 Å². The molecule has 0 bridgehead atoms. The lowest BCUT2D eigenvalue weighted by Gasteiger charge is -2.33. The molecule has 208 valence electrons. The monoisotopic (exact) mass is 549 g/mol. The lowest BCUT2D eigenvalue weighted by Crippen LogP contribution is -2.52. The van der Waals surface area contributed by atoms with Gasteiger partial charge in [0, 0.05) is 13.1 Å². The summed E-state index contributed by atoms with van der Waals surface area (Å²) in [4.78, 5) is 29.0. The molecule has 0 unspecified atom stereocenters. The van der Waals surface area contributed by atoms with Crippen molar-refractivity contribution in [3.63, 3.8) is 0 Å². The highest BCUT2D eigenvalue weighted by molar-refractivity contribution is 7.92. The van der Waals surface area contributed by atoms with Gasteiger partial charge in [0.15, 0.2) is 0 Å². The van der Waals surface area contributed by atoms with Crippen molar-refractivity contribution in [2.75, 3.05) is 17.4 Å². The van der Waals surface area contributed by atoms with Gasteiger partial charge in [0.05, 0.1) is 10.6 Å². The van der Waals surface area contributed by atoms with Crippen LogP contribution in [0, 0.1) is 19.8 Å². The van der Waals surface area contributed by atoms with E-state index in [1.807, 2.05) is 71.0 Å². The van der Waals surface area contributed by atoms with Crippen LogP contribution in [0.4, 0.5) is 5.69 Å². The van der Waals surface area contributed by atoms with E-state index >= 15 is 0 Å². The fraction of sp³-hybridized carbons (Fsp3) is 0.355. The number of aryl methyl sites for hydroxylation is 2. The van der Waals surface area contributed by atoms with E-state index in [9.17, 15) is 18.0 Å². The van der Waals surface area contributed by atoms with Gasteiger partial charge in [-0.25, -0.2) is 8.42 Å². The summed E-state index contributed by atoms with van der Waals surface area (Å²) in [5.74, 6) is -0.452. The second-order valence-corrected chi connectivity index (χ2v) is 12.0. The van der Waals surface area contributed by atoms with Crippen LogP contribution in [-0.2, 0) is 26.2 Å². The van der Waals surface area contributed by atoms with Crippen molar-refractivity contribution in [1.29, 1.82) is 0 Å². The van der Waals surface area contributed by atoms with Gasteiger partial charge in [0.25, 0.3) is 10.0 Å². The lowest BCUT2D eigenvalue weighted by molar-refractivity contribution is -0.140. The standard InChI is InChI=1S/C31H39N3O4S/c1-6-28(31(36)32-20-23(2)3)33(21-26-15-12-13-24(4)19-26)30(35)22-34(29-18-11-10-14-25(29)5)39(37,38)27-16-8-7-9-17-27/h7-19,23,28H,6,20-22H2,1-5H3,(H,32,36)/t28-/m1/s1. The first kappa shape index (κ1) is 29.9. The molecule has 0 aromatic heterocycles. The second-order valence-electron chi connectivity index (χ2n) is 10.2. The van der Waals surface area contributed by atoms with Crippen LogP contribution in [0.3, 0.4) is 0 Å². The molecular weight excluding hydrogens is 510 g/mol. The van der Waals surface area contributed by atoms with Crippen LogP contribution in [0.2, 0.25) is 0 Å². The molecule has 3 aromatic carbocycles. The molecule has 3 rings (SSSR count). The molecule has 0 spiro atoms. The van der Waals surface area contributed by atoms with E-state index in [-0.39, 0.29) is 23.3 Å². The van der Waals surface area contributed by atoms with Gasteiger partial charge in [0.2, 0.25) is 11.8 Å². The first-order chi connectivity index (χ1) is 18.5. The Morgan fingerprint density at radius 2 is 1.56 bits per heavy atom. The zero-order valence-electron chi connectivity index (χ0n) is 23.4. The summed E-state index contributed by atoms with van der Waals surface area (Å²) in [6.45, 7) is 9.87. The molecule has 8 heteroatoms. The number of carbonyl (C=O) groups excluding carboxylic acids is 2. The van der Waals surface area contributed by atoms with E-state index in [2.05, 4.69) is 5.32 Å². The van der Waals surface area contributed by atoms with E-state index in [0.717, 1.165) is 21.0 Å². The van der Waals surface area contributed by atoms with Gasteiger partial charge in [-0.05, 0) is 55.5 Å². The molecule has 0 saturated heterocycles. The Morgan fingerprint density at radius 1 is 0.897 bits per heavy atom. The van der Waals surface area contributed by atoms with Crippen LogP contribution in [0.1, 0.15) is 43.9 Å². The minimum Gasteiger partial charge on any atom is -0.354 e. The van der Waals surface area contributed by atoms with Gasteiger partial charge in [-0.2, -0.15) is 0 Å². The minimum atomic E-state index is -4.07. The van der Waals surface area contributed by atoms with Gasteiger partial charge in [-0.3, -0.25) is 13.9 Å². The van der Waals surface area contributed by atoms with E-state index in [1.165, 1.54) is 17.0 Å². The van der Waals surface area contributed by atoms with Crippen LogP contribution in [-0.4, -0.2) is 44.3 Å². The third kappa shape index (κ3) is 7.69. The molecule has 39 heavy (non-hydrogen) atoms. The number of nitrogens with zero attached hydrogens (tertiary/aromatic N) is 2. The number of rotatable bonds is 12. The molecule has 0 radical (unpaired) electrons. The number of nitrogens with one attached hydrogen (secondary N) is 1. The summed E-state index contributed by atoms with van der Waals surface area (Å²) in [5.41, 5.74) is 3.04. The summed E-state index contributed by atoms with van der Waals surface area (Å²) >= 11 is 0. The minimum absolute atomic E-state index is 0.0907. The number of hydrogen-bond acceptors (Lipinski definition) is 4. The number of sulfonamides is 1. The van der Waals surface area contributed by atoms with Crippen molar-refractivity contribution >= 4 is 27.5 Å². The van der Waals surface area contributed by atoms with Crippen LogP contribution in [0.5, 0.6) is 0 Å². The molecule has 1 N–H and O–H groups in total. The van der Waals surface area contributed by atoms with Gasteiger partial charge >= 0.3 is 0 Å². The summed E-state index contributed by atoms with van der Waals surface area (Å²) in [7, 11) is -4.07. The highest BCUT2D eigenvalue weighted by Gasteiger charge is 2.34. The Kier molecular flexibility index (Phi) is 10.3. The SMILES string of the molecule is CC[C@H](C(=O)NCC(C)C)N(Cc1cccc(C)c1)C(=O)CN(c1ccccc1C)S(=O)(=O)c1ccccc1. The molecule has 1 atom stereocenters. The lowest BCUT2D eigenvalue weighted by atomic mass is 10.1. The van der Waals surface area contributed by atoms with Crippen molar-refractivity contribution in [3.05, 3.63) is 95.6 Å². The molecule has 3 aromatic rings. The molecule has 0 fully saturated rings. The van der Waals surface area contributed by atoms with Gasteiger partial charge in [-0.15, -0.1) is 0 Å². The maximum atomic E-state index is 14.1. The number of anilines is 1. The number of carbonyl (C=O) groups is 2. The van der Waals surface area contributed by atoms with Crippen LogP contribution < -0.4 is 9.62 Å². The highest BCUT2D eigenvalue weighted by Crippen LogP contribution is 2.27. The predicted octanol–water partition coefficient (Wildman–Crippen LogP) is 5.08. The van der Waals surface area contributed by atoms with Gasteiger partial charge in [-0.1, -0.05) is 87.0 Å². The molecule has 0 aliphatic heterocycles. The summed E-state index contributed by atoms with van der Waals surface area (Å²) in [5, 5.41) is 2.95. The molecule has 0 aliphatic rings. The normalized spacial score (nSPS) is 12.2. The third-order valence-electron chi connectivity index (χ3n) is 6.50. The maximum absolute atomic E-state index is 14.1. The zero-order valence-corrected chi connectivity index (χ0v) is 24.2. The third-order valence-corrected chi connectivity index (χ3v) is 8.27. The Hall–Kier alpha value is -3.65. The molecular formula is C31H39N3O4S. The fourth-order valence-electron chi connectivity index (χ4n) is 4.43. The van der Waals surface area contributed by atoms with Crippen molar-refractivity contribution in [3.8, 4) is 0 Å². The Morgan fingerprint density at radius 3 is 2.18 bits per heavy atom. The Labute approximate surface area is 232 Å². The van der Waals surface area contributed by atoms with Crippen LogP contribution in [0.25, 0.3) is 0 Å². The summed E-state index contributed by atoms with van der Waals surface area (Å²) < 4.78 is 28.9. The Balaban J connectivity index is 2.05. The van der Waals surface area contributed by atoms with Crippen molar-refractivity contribution in [2.45, 2.75) is 58.5 Å². The zero-order chi connectivity index (χ0) is 28.6. The van der Waals surface area contributed by atoms with Gasteiger partial charge in [0.1, 0.15) is 12.6 Å². The predicted molar refractivity (Wildman–Crippen MR) is 156 cm³/mol. The van der Waals surface area contributed by atoms with Gasteiger partial charge < -0.3 is 10.2 Å². The van der Waals surface area contributed by atoms with E-state index in [0.29, 0.717) is 18.7 Å². The van der Waals surface area contributed by atoms with Crippen molar-refractivity contribution in [1.82, 2.24) is 10.2 Å². The Bertz CT molecular complexity index is 1370. The number of amides is 2. The quantitative estimate of drug-likeness (QED) is 0.341. The molecule has 0 saturated carbocycles. The molecule has 2 amide bonds. The first-order valence-electron chi connectivity index (χ1n) is 13.3. The van der Waals surface area contributed by atoms with E-state index in [1.54, 1.807) is 30.3 Å². The fourth-order valence-corrected chi connectivity index (χ4v) is 5.93. The largest absolute Gasteiger partial charge is 0.354 e. The van der Waals surface area contributed by atoms with Crippen LogP contribution in [0.15, 0.2) is 83.8 Å². The van der Waals surface area contributed by atoms with Crippen LogP contribution >= 0.6 is 0 Å².